The van der Waals surface area contributed by atoms with Crippen molar-refractivity contribution in [2.75, 3.05) is 6.61 Å². The molecule has 0 aliphatic heterocycles. The standard InChI is InChI=1S/C25H34N2O/c1-4-6-10-18-28-21(3)12-8-7-9-13-24-19-27-25(20-26-24)23-16-14-22(11-5-2)15-17-23/h5,9,13-17,19-21H,2,4,6-8,10-12,18H2,1,3H3/b13-9+. The van der Waals surface area contributed by atoms with E-state index in [1.165, 1.54) is 24.8 Å². The summed E-state index contributed by atoms with van der Waals surface area (Å²) in [5, 5.41) is 0. The van der Waals surface area contributed by atoms with Gasteiger partial charge in [-0.25, -0.2) is 0 Å². The lowest BCUT2D eigenvalue weighted by atomic mass is 10.1. The van der Waals surface area contributed by atoms with Crippen molar-refractivity contribution in [3.63, 3.8) is 0 Å². The van der Waals surface area contributed by atoms with Crippen molar-refractivity contribution in [1.29, 1.82) is 0 Å². The minimum atomic E-state index is 0.349. The summed E-state index contributed by atoms with van der Waals surface area (Å²) in [6.45, 7) is 9.05. The molecule has 150 valence electrons. The molecule has 0 saturated heterocycles. The Balaban J connectivity index is 1.72. The highest BCUT2D eigenvalue weighted by Crippen LogP contribution is 2.17. The molecule has 0 amide bonds. The molecular weight excluding hydrogens is 344 g/mol. The summed E-state index contributed by atoms with van der Waals surface area (Å²) in [5.41, 5.74) is 4.14. The van der Waals surface area contributed by atoms with E-state index in [0.717, 1.165) is 49.2 Å². The van der Waals surface area contributed by atoms with Crippen LogP contribution in [0.15, 0.2) is 55.4 Å². The second-order valence-corrected chi connectivity index (χ2v) is 7.24. The number of nitrogens with zero attached hydrogens (tertiary/aromatic N) is 2. The Labute approximate surface area is 170 Å². The summed E-state index contributed by atoms with van der Waals surface area (Å²) in [6.07, 6.45) is 18.0. The molecule has 0 saturated carbocycles. The zero-order valence-corrected chi connectivity index (χ0v) is 17.4. The van der Waals surface area contributed by atoms with Crippen LogP contribution in [0.4, 0.5) is 0 Å². The minimum Gasteiger partial charge on any atom is -0.379 e. The van der Waals surface area contributed by atoms with Gasteiger partial charge in [0.1, 0.15) is 0 Å². The molecule has 1 aromatic carbocycles. The number of ether oxygens (including phenoxy) is 1. The van der Waals surface area contributed by atoms with E-state index in [1.807, 2.05) is 18.5 Å². The highest BCUT2D eigenvalue weighted by molar-refractivity contribution is 5.59. The number of benzene rings is 1. The summed E-state index contributed by atoms with van der Waals surface area (Å²) < 4.78 is 5.83. The fourth-order valence-corrected chi connectivity index (χ4v) is 3.00. The van der Waals surface area contributed by atoms with Gasteiger partial charge in [0, 0.05) is 12.2 Å². The summed E-state index contributed by atoms with van der Waals surface area (Å²) in [6, 6.07) is 8.40. The lowest BCUT2D eigenvalue weighted by molar-refractivity contribution is 0.0566. The monoisotopic (exact) mass is 378 g/mol. The zero-order valence-electron chi connectivity index (χ0n) is 17.4. The molecule has 0 aliphatic carbocycles. The van der Waals surface area contributed by atoms with Crippen molar-refractivity contribution in [2.45, 2.75) is 64.9 Å². The topological polar surface area (TPSA) is 35.0 Å². The molecule has 1 aromatic heterocycles. The van der Waals surface area contributed by atoms with E-state index in [0.29, 0.717) is 6.10 Å². The minimum absolute atomic E-state index is 0.349. The molecule has 0 radical (unpaired) electrons. The van der Waals surface area contributed by atoms with Gasteiger partial charge in [-0.2, -0.15) is 0 Å². The smallest absolute Gasteiger partial charge is 0.0885 e. The number of aromatic nitrogens is 2. The average molecular weight is 379 g/mol. The molecule has 0 fully saturated rings. The molecule has 2 aromatic rings. The first-order valence-electron chi connectivity index (χ1n) is 10.5. The van der Waals surface area contributed by atoms with Gasteiger partial charge >= 0.3 is 0 Å². The van der Waals surface area contributed by atoms with Gasteiger partial charge in [0.05, 0.1) is 29.9 Å². The summed E-state index contributed by atoms with van der Waals surface area (Å²) in [4.78, 5) is 9.06. The molecule has 28 heavy (non-hydrogen) atoms. The Hall–Kier alpha value is -2.26. The third-order valence-electron chi connectivity index (χ3n) is 4.72. The second-order valence-electron chi connectivity index (χ2n) is 7.24. The average Bonchev–Trinajstić information content (AvgIpc) is 2.72. The van der Waals surface area contributed by atoms with Gasteiger partial charge in [0.15, 0.2) is 0 Å². The van der Waals surface area contributed by atoms with Crippen LogP contribution in [0, 0.1) is 0 Å². The molecule has 0 spiro atoms. The van der Waals surface area contributed by atoms with Gasteiger partial charge in [-0.1, -0.05) is 56.2 Å². The van der Waals surface area contributed by atoms with Crippen molar-refractivity contribution in [3.8, 4) is 11.3 Å². The largest absolute Gasteiger partial charge is 0.379 e. The van der Waals surface area contributed by atoms with E-state index in [1.54, 1.807) is 0 Å². The molecule has 1 atom stereocenters. The third-order valence-corrected chi connectivity index (χ3v) is 4.72. The summed E-state index contributed by atoms with van der Waals surface area (Å²) in [5.74, 6) is 0. The molecule has 0 bridgehead atoms. The normalized spacial score (nSPS) is 12.4. The molecule has 3 heteroatoms. The number of allylic oxidation sites excluding steroid dienone is 2. The van der Waals surface area contributed by atoms with E-state index >= 15 is 0 Å². The Morgan fingerprint density at radius 2 is 1.89 bits per heavy atom. The van der Waals surface area contributed by atoms with Gasteiger partial charge in [0.25, 0.3) is 0 Å². The van der Waals surface area contributed by atoms with Gasteiger partial charge in [-0.3, -0.25) is 9.97 Å². The third kappa shape index (κ3) is 8.18. The van der Waals surface area contributed by atoms with Crippen molar-refractivity contribution in [1.82, 2.24) is 9.97 Å². The van der Waals surface area contributed by atoms with Crippen LogP contribution >= 0.6 is 0 Å². The highest BCUT2D eigenvalue weighted by Gasteiger charge is 2.02. The lowest BCUT2D eigenvalue weighted by Crippen LogP contribution is -2.08. The van der Waals surface area contributed by atoms with Crippen LogP contribution in [0.2, 0.25) is 0 Å². The molecule has 0 N–H and O–H groups in total. The molecule has 2 rings (SSSR count). The second kappa shape index (κ2) is 13.0. The van der Waals surface area contributed by atoms with Gasteiger partial charge in [-0.15, -0.1) is 6.58 Å². The van der Waals surface area contributed by atoms with Crippen LogP contribution in [-0.4, -0.2) is 22.7 Å². The number of rotatable bonds is 13. The quantitative estimate of drug-likeness (QED) is 0.289. The highest BCUT2D eigenvalue weighted by atomic mass is 16.5. The first-order chi connectivity index (χ1) is 13.7. The predicted octanol–water partition coefficient (Wildman–Crippen LogP) is 6.65. The Morgan fingerprint density at radius 3 is 2.57 bits per heavy atom. The molecule has 3 nitrogen and oxygen atoms in total. The van der Waals surface area contributed by atoms with E-state index in [4.69, 9.17) is 4.74 Å². The maximum atomic E-state index is 5.83. The van der Waals surface area contributed by atoms with Crippen molar-refractivity contribution >= 4 is 6.08 Å². The van der Waals surface area contributed by atoms with Gasteiger partial charge in [0.2, 0.25) is 0 Å². The van der Waals surface area contributed by atoms with Crippen LogP contribution in [-0.2, 0) is 11.2 Å². The van der Waals surface area contributed by atoms with Crippen LogP contribution in [0.3, 0.4) is 0 Å². The molecule has 0 aliphatic rings. The summed E-state index contributed by atoms with van der Waals surface area (Å²) >= 11 is 0. The first-order valence-corrected chi connectivity index (χ1v) is 10.5. The predicted molar refractivity (Wildman–Crippen MR) is 119 cm³/mol. The summed E-state index contributed by atoms with van der Waals surface area (Å²) in [7, 11) is 0. The Morgan fingerprint density at radius 1 is 1.07 bits per heavy atom. The lowest BCUT2D eigenvalue weighted by Gasteiger charge is -2.11. The van der Waals surface area contributed by atoms with Crippen LogP contribution < -0.4 is 0 Å². The van der Waals surface area contributed by atoms with Gasteiger partial charge in [-0.05, 0) is 50.7 Å². The van der Waals surface area contributed by atoms with E-state index < -0.39 is 0 Å². The SMILES string of the molecule is C=CCc1ccc(-c2cnc(/C=C/CCCC(C)OCCCCC)cn2)cc1. The number of unbranched alkanes of at least 4 members (excludes halogenated alkanes) is 3. The van der Waals surface area contributed by atoms with E-state index in [9.17, 15) is 0 Å². The number of hydrogen-bond donors (Lipinski definition) is 0. The van der Waals surface area contributed by atoms with Crippen molar-refractivity contribution < 1.29 is 4.74 Å². The fourth-order valence-electron chi connectivity index (χ4n) is 3.00. The Bertz CT molecular complexity index is 704. The fraction of sp³-hybridized carbons (Fsp3) is 0.440. The van der Waals surface area contributed by atoms with Crippen LogP contribution in [0.1, 0.15) is 63.6 Å². The molecule has 1 unspecified atom stereocenters. The van der Waals surface area contributed by atoms with E-state index in [-0.39, 0.29) is 0 Å². The van der Waals surface area contributed by atoms with E-state index in [2.05, 4.69) is 66.8 Å². The molecule has 1 heterocycles. The van der Waals surface area contributed by atoms with Crippen molar-refractivity contribution in [3.05, 3.63) is 66.6 Å². The maximum absolute atomic E-state index is 5.83. The van der Waals surface area contributed by atoms with Crippen molar-refractivity contribution in [2.24, 2.45) is 0 Å². The Kier molecular flexibility index (Phi) is 10.2. The van der Waals surface area contributed by atoms with Gasteiger partial charge < -0.3 is 4.74 Å². The maximum Gasteiger partial charge on any atom is 0.0885 e. The van der Waals surface area contributed by atoms with Crippen LogP contribution in [0.25, 0.3) is 17.3 Å². The zero-order chi connectivity index (χ0) is 20.0. The van der Waals surface area contributed by atoms with Crippen LogP contribution in [0.5, 0.6) is 0 Å². The number of hydrogen-bond acceptors (Lipinski definition) is 3. The first kappa shape index (κ1) is 22.0. The molecular formula is C25H34N2O.